The summed E-state index contributed by atoms with van der Waals surface area (Å²) in [6, 6.07) is 3.71. The zero-order valence-corrected chi connectivity index (χ0v) is 5.53. The molecule has 0 fully saturated rings. The molecule has 0 bridgehead atoms. The van der Waals surface area contributed by atoms with Crippen LogP contribution in [0.3, 0.4) is 0 Å². The van der Waals surface area contributed by atoms with Crippen LogP contribution in [-0.4, -0.2) is 25.1 Å². The van der Waals surface area contributed by atoms with Gasteiger partial charge in [-0.15, -0.1) is 12.4 Å². The second-order valence-corrected chi connectivity index (χ2v) is 0.987. The SMILES string of the molecule is Cl.N=C=NCCN=C=N. The minimum Gasteiger partial charge on any atom is -0.242 e. The molecule has 9 heavy (non-hydrogen) atoms. The summed E-state index contributed by atoms with van der Waals surface area (Å²) in [6.45, 7) is 0.852. The Kier molecular flexibility index (Phi) is 12.3. The van der Waals surface area contributed by atoms with Gasteiger partial charge in [0.15, 0.2) is 0 Å². The van der Waals surface area contributed by atoms with E-state index in [-0.39, 0.29) is 12.4 Å². The van der Waals surface area contributed by atoms with Gasteiger partial charge in [-0.2, -0.15) is 0 Å². The van der Waals surface area contributed by atoms with Gasteiger partial charge in [-0.1, -0.05) is 0 Å². The summed E-state index contributed by atoms with van der Waals surface area (Å²) in [5.74, 6) is 0. The Balaban J connectivity index is 0. The first-order valence-corrected chi connectivity index (χ1v) is 2.08. The Morgan fingerprint density at radius 2 is 1.33 bits per heavy atom. The summed E-state index contributed by atoms with van der Waals surface area (Å²) in [6.07, 6.45) is 0. The average Bonchev–Trinajstić information content (AvgIpc) is 1.81. The third kappa shape index (κ3) is 11.0. The number of rotatable bonds is 3. The van der Waals surface area contributed by atoms with Gasteiger partial charge in [0, 0.05) is 0 Å². The summed E-state index contributed by atoms with van der Waals surface area (Å²) in [7, 11) is 0. The lowest BCUT2D eigenvalue weighted by Gasteiger charge is -1.76. The van der Waals surface area contributed by atoms with Crippen molar-refractivity contribution >= 4 is 24.4 Å². The molecule has 0 aliphatic carbocycles. The van der Waals surface area contributed by atoms with E-state index < -0.39 is 0 Å². The number of nitrogens with one attached hydrogen (secondary N) is 2. The van der Waals surface area contributed by atoms with E-state index in [0.717, 1.165) is 0 Å². The van der Waals surface area contributed by atoms with Crippen LogP contribution in [0.1, 0.15) is 0 Å². The van der Waals surface area contributed by atoms with Gasteiger partial charge in [0.25, 0.3) is 0 Å². The molecule has 0 heterocycles. The molecule has 2 N–H and O–H groups in total. The molecule has 0 aromatic heterocycles. The van der Waals surface area contributed by atoms with Crippen molar-refractivity contribution in [3.63, 3.8) is 0 Å². The zero-order chi connectivity index (χ0) is 6.24. The predicted octanol–water partition coefficient (Wildman–Crippen LogP) is 0.914. The van der Waals surface area contributed by atoms with Crippen molar-refractivity contribution in [1.29, 1.82) is 10.8 Å². The molecule has 0 rings (SSSR count). The van der Waals surface area contributed by atoms with Crippen molar-refractivity contribution in [3.05, 3.63) is 0 Å². The molecule has 0 aliphatic rings. The molecule has 50 valence electrons. The van der Waals surface area contributed by atoms with E-state index >= 15 is 0 Å². The molecule has 0 spiro atoms. The van der Waals surface area contributed by atoms with Crippen molar-refractivity contribution in [1.82, 2.24) is 0 Å². The first kappa shape index (κ1) is 10.9. The molecular weight excluding hydrogens is 140 g/mol. The third-order valence-electron chi connectivity index (χ3n) is 0.482. The summed E-state index contributed by atoms with van der Waals surface area (Å²) < 4.78 is 0. The van der Waals surface area contributed by atoms with Crippen LogP contribution in [-0.2, 0) is 0 Å². The highest BCUT2D eigenvalue weighted by atomic mass is 35.5. The molecule has 0 aliphatic heterocycles. The molecule has 0 radical (unpaired) electrons. The Labute approximate surface area is 59.1 Å². The van der Waals surface area contributed by atoms with E-state index in [0.29, 0.717) is 13.1 Å². The minimum atomic E-state index is 0. The summed E-state index contributed by atoms with van der Waals surface area (Å²) >= 11 is 0. The van der Waals surface area contributed by atoms with Gasteiger partial charge in [0.2, 0.25) is 0 Å². The van der Waals surface area contributed by atoms with Crippen LogP contribution in [0.2, 0.25) is 0 Å². The molecule has 0 amide bonds. The number of aliphatic imine (C=N–C) groups is 2. The fraction of sp³-hybridized carbons (Fsp3) is 0.500. The topological polar surface area (TPSA) is 72.4 Å². The van der Waals surface area contributed by atoms with E-state index in [1.54, 1.807) is 0 Å². The molecule has 0 saturated carbocycles. The van der Waals surface area contributed by atoms with Crippen molar-refractivity contribution in [3.8, 4) is 0 Å². The number of hydrogen-bond acceptors (Lipinski definition) is 4. The van der Waals surface area contributed by atoms with Crippen molar-refractivity contribution in [2.45, 2.75) is 0 Å². The third-order valence-corrected chi connectivity index (χ3v) is 0.482. The maximum Gasteiger partial charge on any atom is 0.0862 e. The van der Waals surface area contributed by atoms with Gasteiger partial charge in [-0.3, -0.25) is 0 Å². The predicted molar refractivity (Wildman–Crippen MR) is 37.3 cm³/mol. The van der Waals surface area contributed by atoms with Crippen LogP contribution >= 0.6 is 12.4 Å². The first-order valence-electron chi connectivity index (χ1n) is 2.08. The maximum absolute atomic E-state index is 6.31. The highest BCUT2D eigenvalue weighted by Gasteiger charge is 1.71. The fourth-order valence-electron chi connectivity index (χ4n) is 0.212. The maximum atomic E-state index is 6.31. The zero-order valence-electron chi connectivity index (χ0n) is 4.72. The van der Waals surface area contributed by atoms with Crippen molar-refractivity contribution in [2.75, 3.05) is 13.1 Å². The Morgan fingerprint density at radius 3 is 1.56 bits per heavy atom. The van der Waals surface area contributed by atoms with Crippen molar-refractivity contribution < 1.29 is 0 Å². The summed E-state index contributed by atoms with van der Waals surface area (Å²) in [4.78, 5) is 6.82. The van der Waals surface area contributed by atoms with Crippen LogP contribution in [0, 0.1) is 10.8 Å². The van der Waals surface area contributed by atoms with Gasteiger partial charge in [-0.25, -0.2) is 20.8 Å². The normalized spacial score (nSPS) is 5.78. The molecule has 0 aromatic carbocycles. The number of halogens is 1. The van der Waals surface area contributed by atoms with Gasteiger partial charge < -0.3 is 0 Å². The highest BCUT2D eigenvalue weighted by molar-refractivity contribution is 5.85. The van der Waals surface area contributed by atoms with Crippen LogP contribution in [0.15, 0.2) is 9.98 Å². The van der Waals surface area contributed by atoms with Gasteiger partial charge in [0.1, 0.15) is 0 Å². The molecule has 5 heteroatoms. The smallest absolute Gasteiger partial charge is 0.0862 e. The molecule has 0 aromatic rings. The monoisotopic (exact) mass is 146 g/mol. The van der Waals surface area contributed by atoms with E-state index in [1.807, 2.05) is 12.0 Å². The van der Waals surface area contributed by atoms with Gasteiger partial charge in [0.05, 0.1) is 25.1 Å². The molecule has 4 nitrogen and oxygen atoms in total. The summed E-state index contributed by atoms with van der Waals surface area (Å²) in [5.41, 5.74) is 0. The number of nitrogens with zero attached hydrogens (tertiary/aromatic N) is 2. The lowest BCUT2D eigenvalue weighted by atomic mass is 10.7. The average molecular weight is 147 g/mol. The van der Waals surface area contributed by atoms with Crippen molar-refractivity contribution in [2.24, 2.45) is 9.98 Å². The Hall–Kier alpha value is -0.950. The van der Waals surface area contributed by atoms with Crippen LogP contribution in [0.4, 0.5) is 0 Å². The van der Waals surface area contributed by atoms with Crippen LogP contribution in [0.5, 0.6) is 0 Å². The summed E-state index contributed by atoms with van der Waals surface area (Å²) in [5, 5.41) is 12.6. The Bertz CT molecular complexity index is 125. The second-order valence-electron chi connectivity index (χ2n) is 0.987. The molecule has 0 saturated heterocycles. The fourth-order valence-corrected chi connectivity index (χ4v) is 0.212. The molecule has 0 unspecified atom stereocenters. The minimum absolute atomic E-state index is 0. The molecule has 0 atom stereocenters. The first-order chi connectivity index (χ1) is 3.91. The largest absolute Gasteiger partial charge is 0.242 e. The van der Waals surface area contributed by atoms with Gasteiger partial charge in [-0.05, 0) is 0 Å². The van der Waals surface area contributed by atoms with Crippen LogP contribution in [0.25, 0.3) is 0 Å². The second kappa shape index (κ2) is 10.1. The quantitative estimate of drug-likeness (QED) is 0.439. The lowest BCUT2D eigenvalue weighted by molar-refractivity contribution is 0.983. The van der Waals surface area contributed by atoms with Crippen LogP contribution < -0.4 is 0 Å². The highest BCUT2D eigenvalue weighted by Crippen LogP contribution is 1.66. The molecular formula is C4H7ClN4. The van der Waals surface area contributed by atoms with E-state index in [1.165, 1.54) is 0 Å². The van der Waals surface area contributed by atoms with E-state index in [9.17, 15) is 0 Å². The number of hydrogen-bond donors (Lipinski definition) is 2. The van der Waals surface area contributed by atoms with Gasteiger partial charge >= 0.3 is 0 Å². The lowest BCUT2D eigenvalue weighted by Crippen LogP contribution is -1.82. The van der Waals surface area contributed by atoms with E-state index in [4.69, 9.17) is 10.8 Å². The van der Waals surface area contributed by atoms with E-state index in [2.05, 4.69) is 9.98 Å². The standard InChI is InChI=1S/C4H6N4.ClH/c5-3-7-1-2-8-4-6;/h5-6H,1-2H2;1H. The Morgan fingerprint density at radius 1 is 1.00 bits per heavy atom.